The summed E-state index contributed by atoms with van der Waals surface area (Å²) in [5, 5.41) is 8.59. The number of carboxylic acid groups (broad SMARTS) is 1. The Morgan fingerprint density at radius 3 is 2.90 bits per heavy atom. The minimum atomic E-state index is -0.744. The van der Waals surface area contributed by atoms with Crippen molar-refractivity contribution in [2.45, 2.75) is 26.2 Å². The summed E-state index contributed by atoms with van der Waals surface area (Å²) in [5.41, 5.74) is 0.596. The lowest BCUT2D eigenvalue weighted by Crippen LogP contribution is -2.08. The van der Waals surface area contributed by atoms with Gasteiger partial charge >= 0.3 is 5.97 Å². The second kappa shape index (κ2) is 2.86. The zero-order chi connectivity index (χ0) is 7.56. The van der Waals surface area contributed by atoms with Gasteiger partial charge in [-0.2, -0.15) is 0 Å². The van der Waals surface area contributed by atoms with Crippen molar-refractivity contribution in [3.63, 3.8) is 0 Å². The van der Waals surface area contributed by atoms with Gasteiger partial charge in [-0.25, -0.2) is 4.79 Å². The quantitative estimate of drug-likeness (QED) is 0.603. The molecule has 0 aliphatic heterocycles. The van der Waals surface area contributed by atoms with E-state index in [1.165, 1.54) is 0 Å². The molecule has 0 saturated heterocycles. The molecule has 1 atom stereocenters. The van der Waals surface area contributed by atoms with E-state index in [2.05, 4.69) is 6.92 Å². The first-order chi connectivity index (χ1) is 4.70. The molecule has 0 saturated carbocycles. The van der Waals surface area contributed by atoms with Crippen LogP contribution in [0.3, 0.4) is 0 Å². The predicted molar refractivity (Wildman–Crippen MR) is 38.7 cm³/mol. The van der Waals surface area contributed by atoms with E-state index in [9.17, 15) is 4.79 Å². The zero-order valence-corrected chi connectivity index (χ0v) is 6.13. The second-order valence-corrected chi connectivity index (χ2v) is 2.87. The average Bonchev–Trinajstić information content (AvgIpc) is 1.88. The highest BCUT2D eigenvalue weighted by atomic mass is 16.4. The Morgan fingerprint density at radius 1 is 1.80 bits per heavy atom. The van der Waals surface area contributed by atoms with E-state index in [1.54, 1.807) is 0 Å². The second-order valence-electron chi connectivity index (χ2n) is 2.87. The molecule has 0 unspecified atom stereocenters. The van der Waals surface area contributed by atoms with Gasteiger partial charge in [-0.05, 0) is 25.2 Å². The molecule has 0 fully saturated rings. The lowest BCUT2D eigenvalue weighted by atomic mass is 9.92. The van der Waals surface area contributed by atoms with Crippen LogP contribution in [0.15, 0.2) is 11.6 Å². The number of aliphatic carboxylic acids is 1. The normalized spacial score (nSPS) is 25.7. The highest BCUT2D eigenvalue weighted by molar-refractivity contribution is 5.86. The number of carbonyl (C=O) groups is 1. The summed E-state index contributed by atoms with van der Waals surface area (Å²) in [5.74, 6) is -0.286. The van der Waals surface area contributed by atoms with Crippen LogP contribution in [-0.4, -0.2) is 11.1 Å². The summed E-state index contributed by atoms with van der Waals surface area (Å²) in [6.45, 7) is 2.06. The molecular formula is C8H12O2. The molecular weight excluding hydrogens is 128 g/mol. The van der Waals surface area contributed by atoms with E-state index < -0.39 is 5.97 Å². The van der Waals surface area contributed by atoms with Crippen LogP contribution in [0.2, 0.25) is 0 Å². The zero-order valence-electron chi connectivity index (χ0n) is 6.13. The van der Waals surface area contributed by atoms with Gasteiger partial charge in [-0.15, -0.1) is 0 Å². The summed E-state index contributed by atoms with van der Waals surface area (Å²) in [6.07, 6.45) is 4.78. The molecule has 10 heavy (non-hydrogen) atoms. The van der Waals surface area contributed by atoms with Crippen molar-refractivity contribution < 1.29 is 9.90 Å². The van der Waals surface area contributed by atoms with Crippen LogP contribution in [0.4, 0.5) is 0 Å². The van der Waals surface area contributed by atoms with Crippen LogP contribution in [0.5, 0.6) is 0 Å². The first-order valence-electron chi connectivity index (χ1n) is 3.64. The molecule has 0 heterocycles. The fourth-order valence-electron chi connectivity index (χ4n) is 1.30. The van der Waals surface area contributed by atoms with Crippen LogP contribution >= 0.6 is 0 Å². The van der Waals surface area contributed by atoms with E-state index in [4.69, 9.17) is 5.11 Å². The van der Waals surface area contributed by atoms with Crippen molar-refractivity contribution in [1.82, 2.24) is 0 Å². The minimum Gasteiger partial charge on any atom is -0.478 e. The largest absolute Gasteiger partial charge is 0.478 e. The SMILES string of the molecule is C[C@H]1C=C(C(=O)O)CCC1. The first-order valence-corrected chi connectivity index (χ1v) is 3.64. The van der Waals surface area contributed by atoms with Gasteiger partial charge < -0.3 is 5.11 Å². The Labute approximate surface area is 60.6 Å². The molecule has 0 aromatic heterocycles. The average molecular weight is 140 g/mol. The van der Waals surface area contributed by atoms with Crippen LogP contribution in [-0.2, 0) is 4.79 Å². The van der Waals surface area contributed by atoms with Crippen molar-refractivity contribution in [3.05, 3.63) is 11.6 Å². The molecule has 1 rings (SSSR count). The van der Waals surface area contributed by atoms with Gasteiger partial charge in [-0.1, -0.05) is 13.0 Å². The molecule has 0 radical (unpaired) electrons. The van der Waals surface area contributed by atoms with Gasteiger partial charge in [0, 0.05) is 5.57 Å². The topological polar surface area (TPSA) is 37.3 Å². The van der Waals surface area contributed by atoms with Crippen LogP contribution in [0.1, 0.15) is 26.2 Å². The van der Waals surface area contributed by atoms with E-state index in [1.807, 2.05) is 6.08 Å². The molecule has 56 valence electrons. The van der Waals surface area contributed by atoms with Gasteiger partial charge in [0.05, 0.1) is 0 Å². The maximum atomic E-state index is 10.4. The smallest absolute Gasteiger partial charge is 0.331 e. The Hall–Kier alpha value is -0.790. The number of hydrogen-bond acceptors (Lipinski definition) is 1. The molecule has 0 bridgehead atoms. The lowest BCUT2D eigenvalue weighted by molar-refractivity contribution is -0.132. The fraction of sp³-hybridized carbons (Fsp3) is 0.625. The Balaban J connectivity index is 2.66. The molecule has 2 heteroatoms. The number of allylic oxidation sites excluding steroid dienone is 1. The molecule has 1 aliphatic carbocycles. The van der Waals surface area contributed by atoms with Crippen molar-refractivity contribution in [2.75, 3.05) is 0 Å². The van der Waals surface area contributed by atoms with Crippen LogP contribution in [0.25, 0.3) is 0 Å². The summed E-state index contributed by atoms with van der Waals surface area (Å²) in [4.78, 5) is 10.4. The van der Waals surface area contributed by atoms with Crippen molar-refractivity contribution >= 4 is 5.97 Å². The van der Waals surface area contributed by atoms with Gasteiger partial charge in [0.15, 0.2) is 0 Å². The summed E-state index contributed by atoms with van der Waals surface area (Å²) in [7, 11) is 0. The Morgan fingerprint density at radius 2 is 2.50 bits per heavy atom. The lowest BCUT2D eigenvalue weighted by Gasteiger charge is -2.13. The molecule has 0 aromatic rings. The van der Waals surface area contributed by atoms with E-state index >= 15 is 0 Å². The third kappa shape index (κ3) is 1.59. The van der Waals surface area contributed by atoms with E-state index in [-0.39, 0.29) is 0 Å². The van der Waals surface area contributed by atoms with Crippen molar-refractivity contribution in [2.24, 2.45) is 5.92 Å². The predicted octanol–water partition coefficient (Wildman–Crippen LogP) is 1.82. The van der Waals surface area contributed by atoms with E-state index in [0.717, 1.165) is 19.3 Å². The highest BCUT2D eigenvalue weighted by Crippen LogP contribution is 2.21. The summed E-state index contributed by atoms with van der Waals surface area (Å²) in [6, 6.07) is 0. The van der Waals surface area contributed by atoms with Gasteiger partial charge in [0.1, 0.15) is 0 Å². The van der Waals surface area contributed by atoms with Gasteiger partial charge in [-0.3, -0.25) is 0 Å². The van der Waals surface area contributed by atoms with Crippen LogP contribution < -0.4 is 0 Å². The third-order valence-corrected chi connectivity index (χ3v) is 1.87. The van der Waals surface area contributed by atoms with Crippen molar-refractivity contribution in [1.29, 1.82) is 0 Å². The molecule has 1 N–H and O–H groups in total. The monoisotopic (exact) mass is 140 g/mol. The molecule has 0 aromatic carbocycles. The maximum Gasteiger partial charge on any atom is 0.331 e. The standard InChI is InChI=1S/C8H12O2/c1-6-3-2-4-7(5-6)8(9)10/h5-6H,2-4H2,1H3,(H,9,10)/t6-/m1/s1. The Kier molecular flexibility index (Phi) is 2.10. The van der Waals surface area contributed by atoms with Crippen LogP contribution in [0, 0.1) is 5.92 Å². The summed E-state index contributed by atoms with van der Waals surface area (Å²) >= 11 is 0. The number of hydrogen-bond donors (Lipinski definition) is 1. The Bertz CT molecular complexity index is 170. The third-order valence-electron chi connectivity index (χ3n) is 1.87. The van der Waals surface area contributed by atoms with Crippen molar-refractivity contribution in [3.8, 4) is 0 Å². The molecule has 0 spiro atoms. The van der Waals surface area contributed by atoms with Gasteiger partial charge in [0.25, 0.3) is 0 Å². The fourth-order valence-corrected chi connectivity index (χ4v) is 1.30. The highest BCUT2D eigenvalue weighted by Gasteiger charge is 2.13. The minimum absolute atomic E-state index is 0.458. The van der Waals surface area contributed by atoms with E-state index in [0.29, 0.717) is 11.5 Å². The maximum absolute atomic E-state index is 10.4. The summed E-state index contributed by atoms with van der Waals surface area (Å²) < 4.78 is 0. The number of carboxylic acids is 1. The molecule has 1 aliphatic rings. The van der Waals surface area contributed by atoms with Gasteiger partial charge in [0.2, 0.25) is 0 Å². The molecule has 2 nitrogen and oxygen atoms in total. The molecule has 0 amide bonds. The first kappa shape index (κ1) is 7.32. The number of rotatable bonds is 1.